The number of rotatable bonds is 6. The van der Waals surface area contributed by atoms with Gasteiger partial charge in [0.1, 0.15) is 17.7 Å². The summed E-state index contributed by atoms with van der Waals surface area (Å²) in [7, 11) is 0. The van der Waals surface area contributed by atoms with E-state index in [1.54, 1.807) is 17.4 Å². The summed E-state index contributed by atoms with van der Waals surface area (Å²) in [6.45, 7) is 8.60. The molecule has 1 fully saturated rings. The molecule has 0 radical (unpaired) electrons. The number of nitrogens with one attached hydrogen (secondary N) is 2. The van der Waals surface area contributed by atoms with E-state index in [1.165, 1.54) is 0 Å². The maximum absolute atomic E-state index is 13.0. The Morgan fingerprint density at radius 2 is 1.77 bits per heavy atom. The van der Waals surface area contributed by atoms with Gasteiger partial charge >= 0.3 is 6.09 Å². The number of nitrogens with zero attached hydrogens (tertiary/aromatic N) is 5. The third kappa shape index (κ3) is 6.39. The average molecular weight is 542 g/mol. The van der Waals surface area contributed by atoms with Crippen molar-refractivity contribution in [1.29, 1.82) is 0 Å². The molecule has 1 saturated heterocycles. The maximum atomic E-state index is 13.0. The van der Waals surface area contributed by atoms with Crippen molar-refractivity contribution in [3.8, 4) is 5.82 Å². The molecule has 0 bridgehead atoms. The molecule has 1 atom stereocenters. The fourth-order valence-corrected chi connectivity index (χ4v) is 4.74. The SMILES string of the molecule is C[C@H](Nc1nccc(-n2cnc3cc(NC(=O)C4CCN(C(=O)OC(C)(C)C)CC4)ccc32)n1)c1ccccc1. The molecule has 5 rings (SSSR count). The van der Waals surface area contributed by atoms with Gasteiger partial charge in [-0.1, -0.05) is 30.3 Å². The summed E-state index contributed by atoms with van der Waals surface area (Å²) in [5.41, 5.74) is 2.89. The Kier molecular flexibility index (Phi) is 7.68. The van der Waals surface area contributed by atoms with Crippen molar-refractivity contribution in [3.63, 3.8) is 0 Å². The molecule has 10 heteroatoms. The standard InChI is InChI=1S/C30H35N7O3/c1-20(21-8-6-5-7-9-21)33-28-31-15-12-26(35-28)37-19-32-24-18-23(10-11-25(24)37)34-27(38)22-13-16-36(17-14-22)29(39)40-30(2,3)4/h5-12,15,18-20,22H,13-14,16-17H2,1-4H3,(H,34,38)(H,31,33,35)/t20-/m0/s1. The Morgan fingerprint density at radius 1 is 1.02 bits per heavy atom. The minimum Gasteiger partial charge on any atom is -0.444 e. The first-order valence-corrected chi connectivity index (χ1v) is 13.6. The molecule has 3 heterocycles. The van der Waals surface area contributed by atoms with Crippen LogP contribution >= 0.6 is 0 Å². The van der Waals surface area contributed by atoms with E-state index in [1.807, 2.05) is 67.8 Å². The van der Waals surface area contributed by atoms with E-state index in [4.69, 9.17) is 9.72 Å². The second kappa shape index (κ2) is 11.3. The van der Waals surface area contributed by atoms with Crippen molar-refractivity contribution < 1.29 is 14.3 Å². The molecule has 2 amide bonds. The first-order chi connectivity index (χ1) is 19.2. The zero-order valence-electron chi connectivity index (χ0n) is 23.3. The van der Waals surface area contributed by atoms with Crippen molar-refractivity contribution >= 4 is 34.7 Å². The Bertz CT molecular complexity index is 1490. The lowest BCUT2D eigenvalue weighted by Crippen LogP contribution is -2.43. The van der Waals surface area contributed by atoms with Gasteiger partial charge in [-0.3, -0.25) is 9.36 Å². The Morgan fingerprint density at radius 3 is 2.50 bits per heavy atom. The van der Waals surface area contributed by atoms with E-state index in [0.717, 1.165) is 16.6 Å². The fraction of sp³-hybridized carbons (Fsp3) is 0.367. The predicted octanol–water partition coefficient (Wildman–Crippen LogP) is 5.57. The van der Waals surface area contributed by atoms with Crippen LogP contribution in [0.2, 0.25) is 0 Å². The number of hydrogen-bond donors (Lipinski definition) is 2. The molecular formula is C30H35N7O3. The highest BCUT2D eigenvalue weighted by Crippen LogP contribution is 2.25. The van der Waals surface area contributed by atoms with Crippen LogP contribution < -0.4 is 10.6 Å². The number of carbonyl (C=O) groups is 2. The number of aromatic nitrogens is 4. The third-order valence-electron chi connectivity index (χ3n) is 6.87. The van der Waals surface area contributed by atoms with Gasteiger partial charge in [0, 0.05) is 30.9 Å². The molecule has 2 N–H and O–H groups in total. The number of likely N-dealkylation sites (tertiary alicyclic amines) is 1. The number of amides is 2. The molecule has 10 nitrogen and oxygen atoms in total. The fourth-order valence-electron chi connectivity index (χ4n) is 4.74. The van der Waals surface area contributed by atoms with Gasteiger partial charge in [-0.2, -0.15) is 4.98 Å². The molecule has 2 aromatic carbocycles. The van der Waals surface area contributed by atoms with E-state index in [-0.39, 0.29) is 24.0 Å². The van der Waals surface area contributed by atoms with Crippen LogP contribution in [-0.2, 0) is 9.53 Å². The van der Waals surface area contributed by atoms with Gasteiger partial charge < -0.3 is 20.3 Å². The minimum absolute atomic E-state index is 0.0479. The van der Waals surface area contributed by atoms with Crippen molar-refractivity contribution in [2.45, 2.75) is 52.2 Å². The summed E-state index contributed by atoms with van der Waals surface area (Å²) >= 11 is 0. The number of fused-ring (bicyclic) bond motifs is 1. The van der Waals surface area contributed by atoms with Crippen LogP contribution in [0, 0.1) is 5.92 Å². The third-order valence-corrected chi connectivity index (χ3v) is 6.87. The number of ether oxygens (including phenoxy) is 1. The van der Waals surface area contributed by atoms with E-state index in [2.05, 4.69) is 39.7 Å². The Balaban J connectivity index is 1.22. The maximum Gasteiger partial charge on any atom is 0.410 e. The molecular weight excluding hydrogens is 506 g/mol. The van der Waals surface area contributed by atoms with Crippen molar-refractivity contribution in [2.75, 3.05) is 23.7 Å². The van der Waals surface area contributed by atoms with Gasteiger partial charge in [0.15, 0.2) is 0 Å². The molecule has 0 unspecified atom stereocenters. The minimum atomic E-state index is -0.537. The smallest absolute Gasteiger partial charge is 0.410 e. The lowest BCUT2D eigenvalue weighted by atomic mass is 9.96. The molecule has 0 spiro atoms. The molecule has 1 aliphatic rings. The monoisotopic (exact) mass is 541 g/mol. The van der Waals surface area contributed by atoms with Gasteiger partial charge in [0.25, 0.3) is 0 Å². The first-order valence-electron chi connectivity index (χ1n) is 13.6. The van der Waals surface area contributed by atoms with Crippen LogP contribution in [0.25, 0.3) is 16.9 Å². The van der Waals surface area contributed by atoms with E-state index in [9.17, 15) is 9.59 Å². The summed E-state index contributed by atoms with van der Waals surface area (Å²) in [4.78, 5) is 40.6. The number of imidazole rings is 1. The number of hydrogen-bond acceptors (Lipinski definition) is 7. The van der Waals surface area contributed by atoms with Crippen LogP contribution in [0.5, 0.6) is 0 Å². The second-order valence-electron chi connectivity index (χ2n) is 11.1. The van der Waals surface area contributed by atoms with E-state index < -0.39 is 5.60 Å². The van der Waals surface area contributed by atoms with Crippen LogP contribution in [0.3, 0.4) is 0 Å². The quantitative estimate of drug-likeness (QED) is 0.328. The summed E-state index contributed by atoms with van der Waals surface area (Å²) in [5.74, 6) is 0.991. The Labute approximate surface area is 233 Å². The highest BCUT2D eigenvalue weighted by atomic mass is 16.6. The van der Waals surface area contributed by atoms with Gasteiger partial charge in [0.05, 0.1) is 17.1 Å². The van der Waals surface area contributed by atoms with Crippen LogP contribution in [-0.4, -0.2) is 55.1 Å². The number of carbonyl (C=O) groups excluding carboxylic acids is 2. The average Bonchev–Trinajstić information content (AvgIpc) is 3.36. The van der Waals surface area contributed by atoms with Gasteiger partial charge in [-0.25, -0.2) is 14.8 Å². The lowest BCUT2D eigenvalue weighted by molar-refractivity contribution is -0.121. The van der Waals surface area contributed by atoms with Gasteiger partial charge in [0.2, 0.25) is 11.9 Å². The molecule has 2 aromatic heterocycles. The highest BCUT2D eigenvalue weighted by Gasteiger charge is 2.30. The number of piperidine rings is 1. The zero-order valence-corrected chi connectivity index (χ0v) is 23.3. The van der Waals surface area contributed by atoms with E-state index >= 15 is 0 Å². The molecule has 0 aliphatic carbocycles. The lowest BCUT2D eigenvalue weighted by Gasteiger charge is -2.32. The zero-order chi connectivity index (χ0) is 28.3. The molecule has 40 heavy (non-hydrogen) atoms. The molecule has 208 valence electrons. The summed E-state index contributed by atoms with van der Waals surface area (Å²) < 4.78 is 7.35. The molecule has 4 aromatic rings. The van der Waals surface area contributed by atoms with Crippen LogP contribution in [0.1, 0.15) is 52.1 Å². The van der Waals surface area contributed by atoms with Crippen molar-refractivity contribution in [2.24, 2.45) is 5.92 Å². The molecule has 1 aliphatic heterocycles. The summed E-state index contributed by atoms with van der Waals surface area (Å²) in [6.07, 6.45) is 4.29. The highest BCUT2D eigenvalue weighted by molar-refractivity contribution is 5.94. The first kappa shape index (κ1) is 27.1. The number of benzene rings is 2. The van der Waals surface area contributed by atoms with Gasteiger partial charge in [-0.15, -0.1) is 0 Å². The number of anilines is 2. The topological polar surface area (TPSA) is 114 Å². The summed E-state index contributed by atoms with van der Waals surface area (Å²) in [6, 6.07) is 17.7. The predicted molar refractivity (Wildman–Crippen MR) is 154 cm³/mol. The Hall–Kier alpha value is -4.47. The largest absolute Gasteiger partial charge is 0.444 e. The van der Waals surface area contributed by atoms with Crippen molar-refractivity contribution in [3.05, 3.63) is 72.7 Å². The van der Waals surface area contributed by atoms with E-state index in [0.29, 0.717) is 43.4 Å². The van der Waals surface area contributed by atoms with Crippen LogP contribution in [0.15, 0.2) is 67.1 Å². The van der Waals surface area contributed by atoms with Gasteiger partial charge in [-0.05, 0) is 70.4 Å². The summed E-state index contributed by atoms with van der Waals surface area (Å²) in [5, 5.41) is 6.38. The van der Waals surface area contributed by atoms with Crippen LogP contribution in [0.4, 0.5) is 16.4 Å². The normalized spacial score (nSPS) is 15.1. The van der Waals surface area contributed by atoms with Crippen molar-refractivity contribution in [1.82, 2.24) is 24.4 Å². The molecule has 0 saturated carbocycles. The second-order valence-corrected chi connectivity index (χ2v) is 11.1.